The molecule has 0 spiro atoms. The van der Waals surface area contributed by atoms with Gasteiger partial charge in [-0.15, -0.1) is 11.3 Å². The number of thiophene rings is 1. The number of rotatable bonds is 7. The van der Waals surface area contributed by atoms with Crippen molar-refractivity contribution < 1.29 is 9.53 Å². The molecule has 1 amide bonds. The van der Waals surface area contributed by atoms with E-state index in [0.29, 0.717) is 16.4 Å². The minimum absolute atomic E-state index is 0.457. The van der Waals surface area contributed by atoms with Gasteiger partial charge in [-0.2, -0.15) is 0 Å². The summed E-state index contributed by atoms with van der Waals surface area (Å²) in [6, 6.07) is 19.9. The summed E-state index contributed by atoms with van der Waals surface area (Å²) in [7, 11) is 0. The molecule has 3 aromatic heterocycles. The highest BCUT2D eigenvalue weighted by Gasteiger charge is 2.17. The molecular formula is C26H25N5O2S. The maximum Gasteiger partial charge on any atom is 0.251 e. The van der Waals surface area contributed by atoms with Crippen LogP contribution in [0.15, 0.2) is 73.1 Å². The van der Waals surface area contributed by atoms with Crippen LogP contribution in [0.25, 0.3) is 21.6 Å². The van der Waals surface area contributed by atoms with E-state index in [1.54, 1.807) is 12.4 Å². The Balaban J connectivity index is 1.36. The van der Waals surface area contributed by atoms with Crippen molar-refractivity contribution in [2.75, 3.05) is 31.6 Å². The molecule has 172 valence electrons. The number of anilines is 2. The normalized spacial score (nSPS) is 14.1. The van der Waals surface area contributed by atoms with Gasteiger partial charge in [0.1, 0.15) is 10.8 Å². The van der Waals surface area contributed by atoms with E-state index in [-0.39, 0.29) is 0 Å². The molecule has 3 N–H and O–H groups in total. The number of benzene rings is 1. The summed E-state index contributed by atoms with van der Waals surface area (Å²) in [6.45, 7) is 4.07. The number of ether oxygens (including phenoxy) is 1. The van der Waals surface area contributed by atoms with Crippen LogP contribution in [-0.2, 0) is 11.3 Å². The standard InChI is InChI=1S/C26H25N5O2S/c27-25(32)22-16-23(20-6-4-18(5-7-20)19-8-10-28-11-9-19)34-26(22)30-24-3-1-2-21(29-24)17-31-12-14-33-15-13-31/h1-11,16H,12-15,17H2,(H2,27,32)(H,29,30). The molecule has 0 atom stereocenters. The van der Waals surface area contributed by atoms with Gasteiger partial charge in [0.25, 0.3) is 5.91 Å². The molecule has 4 heterocycles. The number of nitrogens with zero attached hydrogens (tertiary/aromatic N) is 3. The Kier molecular flexibility index (Phi) is 6.62. The summed E-state index contributed by atoms with van der Waals surface area (Å²) in [5.41, 5.74) is 10.4. The lowest BCUT2D eigenvalue weighted by atomic mass is 10.0. The van der Waals surface area contributed by atoms with Crippen molar-refractivity contribution in [3.8, 4) is 21.6 Å². The maximum absolute atomic E-state index is 12.2. The summed E-state index contributed by atoms with van der Waals surface area (Å²) < 4.78 is 5.42. The van der Waals surface area contributed by atoms with Crippen molar-refractivity contribution in [2.45, 2.75) is 6.54 Å². The minimum Gasteiger partial charge on any atom is -0.379 e. The SMILES string of the molecule is NC(=O)c1cc(-c2ccc(-c3ccncc3)cc2)sc1Nc1cccc(CN2CCOCC2)n1. The molecule has 0 bridgehead atoms. The van der Waals surface area contributed by atoms with E-state index in [1.807, 2.05) is 36.4 Å². The first-order chi connectivity index (χ1) is 16.7. The first-order valence-electron chi connectivity index (χ1n) is 11.1. The number of hydrogen-bond acceptors (Lipinski definition) is 7. The molecule has 1 aliphatic heterocycles. The second-order valence-electron chi connectivity index (χ2n) is 8.06. The van der Waals surface area contributed by atoms with Gasteiger partial charge in [-0.1, -0.05) is 30.3 Å². The second-order valence-corrected chi connectivity index (χ2v) is 9.11. The number of nitrogens with one attached hydrogen (secondary N) is 1. The van der Waals surface area contributed by atoms with Crippen LogP contribution in [0.5, 0.6) is 0 Å². The van der Waals surface area contributed by atoms with Gasteiger partial charge in [0.15, 0.2) is 0 Å². The minimum atomic E-state index is -0.470. The number of pyridine rings is 2. The van der Waals surface area contributed by atoms with Crippen LogP contribution in [-0.4, -0.2) is 47.1 Å². The number of morpholine rings is 1. The third kappa shape index (κ3) is 5.14. The van der Waals surface area contributed by atoms with Crippen molar-refractivity contribution in [3.63, 3.8) is 0 Å². The van der Waals surface area contributed by atoms with Crippen LogP contribution in [0.3, 0.4) is 0 Å². The lowest BCUT2D eigenvalue weighted by Crippen LogP contribution is -2.35. The molecule has 0 radical (unpaired) electrons. The van der Waals surface area contributed by atoms with Crippen molar-refractivity contribution in [2.24, 2.45) is 5.73 Å². The van der Waals surface area contributed by atoms with Crippen molar-refractivity contribution in [1.29, 1.82) is 0 Å². The Morgan fingerprint density at radius 1 is 1.00 bits per heavy atom. The third-order valence-corrected chi connectivity index (χ3v) is 6.82. The fourth-order valence-electron chi connectivity index (χ4n) is 3.92. The number of carbonyl (C=O) groups excluding carboxylic acids is 1. The molecule has 34 heavy (non-hydrogen) atoms. The highest BCUT2D eigenvalue weighted by molar-refractivity contribution is 7.19. The smallest absolute Gasteiger partial charge is 0.251 e. The van der Waals surface area contributed by atoms with Crippen molar-refractivity contribution in [3.05, 3.63) is 84.3 Å². The molecule has 1 aliphatic rings. The summed E-state index contributed by atoms with van der Waals surface area (Å²) in [5, 5.41) is 4.01. The topological polar surface area (TPSA) is 93.4 Å². The zero-order chi connectivity index (χ0) is 23.3. The monoisotopic (exact) mass is 471 g/mol. The Hall–Kier alpha value is -3.59. The van der Waals surface area contributed by atoms with Crippen LogP contribution >= 0.6 is 11.3 Å². The number of nitrogens with two attached hydrogens (primary N) is 1. The lowest BCUT2D eigenvalue weighted by Gasteiger charge is -2.26. The summed E-state index contributed by atoms with van der Waals surface area (Å²) in [4.78, 5) is 24.3. The first-order valence-corrected chi connectivity index (χ1v) is 11.9. The lowest BCUT2D eigenvalue weighted by molar-refractivity contribution is 0.0337. The number of primary amides is 1. The fraction of sp³-hybridized carbons (Fsp3) is 0.192. The molecule has 0 unspecified atom stereocenters. The number of carbonyl (C=O) groups is 1. The summed E-state index contributed by atoms with van der Waals surface area (Å²) >= 11 is 1.49. The fourth-order valence-corrected chi connectivity index (χ4v) is 5.00. The van der Waals surface area contributed by atoms with Crippen LogP contribution in [0, 0.1) is 0 Å². The average molecular weight is 472 g/mol. The molecule has 1 aromatic carbocycles. The molecule has 1 saturated heterocycles. The second kappa shape index (κ2) is 10.1. The highest BCUT2D eigenvalue weighted by atomic mass is 32.1. The molecule has 7 nitrogen and oxygen atoms in total. The molecule has 8 heteroatoms. The van der Waals surface area contributed by atoms with Gasteiger partial charge in [0, 0.05) is 36.9 Å². The van der Waals surface area contributed by atoms with E-state index in [9.17, 15) is 4.79 Å². The van der Waals surface area contributed by atoms with Gasteiger partial charge in [0.05, 0.1) is 24.5 Å². The van der Waals surface area contributed by atoms with E-state index in [1.165, 1.54) is 11.3 Å². The van der Waals surface area contributed by atoms with Gasteiger partial charge in [-0.25, -0.2) is 4.98 Å². The zero-order valence-corrected chi connectivity index (χ0v) is 19.4. The average Bonchev–Trinajstić information content (AvgIpc) is 3.30. The summed E-state index contributed by atoms with van der Waals surface area (Å²) in [5.74, 6) is 0.220. The number of hydrogen-bond donors (Lipinski definition) is 2. The Bertz CT molecular complexity index is 1270. The Morgan fingerprint density at radius 3 is 2.44 bits per heavy atom. The zero-order valence-electron chi connectivity index (χ0n) is 18.6. The summed E-state index contributed by atoms with van der Waals surface area (Å²) in [6.07, 6.45) is 3.56. The largest absolute Gasteiger partial charge is 0.379 e. The number of aromatic nitrogens is 2. The predicted molar refractivity (Wildman–Crippen MR) is 135 cm³/mol. The van der Waals surface area contributed by atoms with Crippen LogP contribution in [0.4, 0.5) is 10.8 Å². The van der Waals surface area contributed by atoms with Crippen molar-refractivity contribution in [1.82, 2.24) is 14.9 Å². The van der Waals surface area contributed by atoms with E-state index < -0.39 is 5.91 Å². The molecule has 4 aromatic rings. The van der Waals surface area contributed by atoms with E-state index in [2.05, 4.69) is 39.5 Å². The van der Waals surface area contributed by atoms with Gasteiger partial charge in [0.2, 0.25) is 0 Å². The van der Waals surface area contributed by atoms with Crippen LogP contribution in [0.1, 0.15) is 16.1 Å². The highest BCUT2D eigenvalue weighted by Crippen LogP contribution is 2.37. The molecular weight excluding hydrogens is 446 g/mol. The maximum atomic E-state index is 12.2. The molecule has 0 aliphatic carbocycles. The van der Waals surface area contributed by atoms with Crippen LogP contribution in [0.2, 0.25) is 0 Å². The van der Waals surface area contributed by atoms with E-state index in [4.69, 9.17) is 15.5 Å². The molecule has 1 fully saturated rings. The Morgan fingerprint density at radius 2 is 1.71 bits per heavy atom. The molecule has 0 saturated carbocycles. The van der Waals surface area contributed by atoms with Crippen LogP contribution < -0.4 is 11.1 Å². The third-order valence-electron chi connectivity index (χ3n) is 5.72. The van der Waals surface area contributed by atoms with E-state index in [0.717, 1.165) is 60.1 Å². The molecule has 5 rings (SSSR count). The predicted octanol–water partition coefficient (Wildman–Crippen LogP) is 4.55. The van der Waals surface area contributed by atoms with Gasteiger partial charge in [-0.3, -0.25) is 14.7 Å². The number of amides is 1. The first kappa shape index (κ1) is 22.2. The van der Waals surface area contributed by atoms with Crippen molar-refractivity contribution >= 4 is 28.1 Å². The Labute approximate surface area is 202 Å². The van der Waals surface area contributed by atoms with E-state index >= 15 is 0 Å². The van der Waals surface area contributed by atoms with Gasteiger partial charge < -0.3 is 15.8 Å². The quantitative estimate of drug-likeness (QED) is 0.411. The van der Waals surface area contributed by atoms with Gasteiger partial charge >= 0.3 is 0 Å². The van der Waals surface area contributed by atoms with Gasteiger partial charge in [-0.05, 0) is 47.0 Å².